The van der Waals surface area contributed by atoms with Crippen LogP contribution in [0.2, 0.25) is 10.3 Å². The quantitative estimate of drug-likeness (QED) is 0.512. The molecular formula is C5H5Cl2N3O2. The highest BCUT2D eigenvalue weighted by molar-refractivity contribution is 6.32. The van der Waals surface area contributed by atoms with Gasteiger partial charge < -0.3 is 0 Å². The molecular weight excluding hydrogens is 205 g/mol. The summed E-state index contributed by atoms with van der Waals surface area (Å²) in [6, 6.07) is 2.76. The van der Waals surface area contributed by atoms with Crippen LogP contribution in [0.15, 0.2) is 12.1 Å². The Bertz CT molecular complexity index is 261. The maximum Gasteiger partial charge on any atom is 0.132 e. The summed E-state index contributed by atoms with van der Waals surface area (Å²) < 4.78 is 0. The molecule has 0 atom stereocenters. The molecule has 3 N–H and O–H groups in total. The lowest BCUT2D eigenvalue weighted by Gasteiger charge is -2.08. The molecule has 0 bridgehead atoms. The van der Waals surface area contributed by atoms with E-state index in [0.29, 0.717) is 5.69 Å². The highest BCUT2D eigenvalue weighted by Gasteiger charge is 2.00. The lowest BCUT2D eigenvalue weighted by Crippen LogP contribution is -2.21. The lowest BCUT2D eigenvalue weighted by atomic mass is 10.4. The number of rotatable bonds is 2. The van der Waals surface area contributed by atoms with Gasteiger partial charge in [0.2, 0.25) is 0 Å². The van der Waals surface area contributed by atoms with E-state index >= 15 is 0 Å². The first kappa shape index (κ1) is 9.50. The Morgan fingerprint density at radius 3 is 2.17 bits per heavy atom. The Morgan fingerprint density at radius 2 is 1.75 bits per heavy atom. The molecule has 7 heteroatoms. The van der Waals surface area contributed by atoms with Crippen LogP contribution in [-0.4, -0.2) is 20.7 Å². The first-order valence-electron chi connectivity index (χ1n) is 2.85. The number of hydrogen-bond donors (Lipinski definition) is 3. The maximum absolute atomic E-state index is 8.36. The normalized spacial score (nSPS) is 10.4. The van der Waals surface area contributed by atoms with Crippen molar-refractivity contribution < 1.29 is 10.4 Å². The summed E-state index contributed by atoms with van der Waals surface area (Å²) in [5.74, 6) is 0. The Morgan fingerprint density at radius 1 is 1.25 bits per heavy atom. The van der Waals surface area contributed by atoms with Crippen molar-refractivity contribution in [1.82, 2.24) is 10.3 Å². The van der Waals surface area contributed by atoms with Gasteiger partial charge in [-0.05, 0) is 0 Å². The van der Waals surface area contributed by atoms with Gasteiger partial charge in [-0.3, -0.25) is 15.8 Å². The van der Waals surface area contributed by atoms with Crippen molar-refractivity contribution in [3.63, 3.8) is 0 Å². The molecule has 0 amide bonds. The van der Waals surface area contributed by atoms with Gasteiger partial charge in [-0.2, -0.15) is 0 Å². The highest BCUT2D eigenvalue weighted by Crippen LogP contribution is 2.18. The van der Waals surface area contributed by atoms with Gasteiger partial charge in [0.25, 0.3) is 0 Å². The highest BCUT2D eigenvalue weighted by atomic mass is 35.5. The third kappa shape index (κ3) is 2.80. The average molecular weight is 210 g/mol. The minimum Gasteiger partial charge on any atom is -0.272 e. The van der Waals surface area contributed by atoms with Gasteiger partial charge in [0.1, 0.15) is 10.3 Å². The molecule has 0 saturated heterocycles. The summed E-state index contributed by atoms with van der Waals surface area (Å²) in [5.41, 5.74) is 2.45. The van der Waals surface area contributed by atoms with E-state index < -0.39 is 0 Å². The van der Waals surface area contributed by atoms with E-state index in [9.17, 15) is 0 Å². The number of anilines is 1. The van der Waals surface area contributed by atoms with Gasteiger partial charge in [-0.15, -0.1) is 0 Å². The number of nitrogens with one attached hydrogen (secondary N) is 1. The maximum atomic E-state index is 8.36. The summed E-state index contributed by atoms with van der Waals surface area (Å²) in [7, 11) is 0. The van der Waals surface area contributed by atoms with Crippen LogP contribution in [0.3, 0.4) is 0 Å². The molecule has 66 valence electrons. The Balaban J connectivity index is 2.85. The van der Waals surface area contributed by atoms with E-state index in [2.05, 4.69) is 10.4 Å². The number of hydrazine groups is 1. The van der Waals surface area contributed by atoms with E-state index in [1.165, 1.54) is 12.1 Å². The monoisotopic (exact) mass is 209 g/mol. The van der Waals surface area contributed by atoms with E-state index in [1.807, 2.05) is 0 Å². The Hall–Kier alpha value is -0.590. The van der Waals surface area contributed by atoms with Crippen molar-refractivity contribution in [2.75, 3.05) is 5.43 Å². The fourth-order valence-corrected chi connectivity index (χ4v) is 1.11. The van der Waals surface area contributed by atoms with E-state index in [4.69, 9.17) is 33.6 Å². The zero-order chi connectivity index (χ0) is 9.14. The van der Waals surface area contributed by atoms with E-state index in [1.54, 1.807) is 0 Å². The number of pyridine rings is 1. The zero-order valence-corrected chi connectivity index (χ0v) is 7.21. The smallest absolute Gasteiger partial charge is 0.132 e. The van der Waals surface area contributed by atoms with Crippen LogP contribution in [0, 0.1) is 0 Å². The van der Waals surface area contributed by atoms with Gasteiger partial charge in [0.05, 0.1) is 5.69 Å². The van der Waals surface area contributed by atoms with Gasteiger partial charge in [-0.1, -0.05) is 23.2 Å². The number of halogens is 2. The number of nitrogens with zero attached hydrogens (tertiary/aromatic N) is 2. The van der Waals surface area contributed by atoms with Gasteiger partial charge >= 0.3 is 0 Å². The second-order valence-electron chi connectivity index (χ2n) is 1.90. The molecule has 0 aliphatic rings. The fourth-order valence-electron chi connectivity index (χ4n) is 0.645. The van der Waals surface area contributed by atoms with Crippen molar-refractivity contribution in [2.24, 2.45) is 0 Å². The van der Waals surface area contributed by atoms with Crippen LogP contribution in [-0.2, 0) is 0 Å². The molecule has 1 rings (SSSR count). The van der Waals surface area contributed by atoms with Crippen molar-refractivity contribution in [3.8, 4) is 0 Å². The second-order valence-corrected chi connectivity index (χ2v) is 2.68. The molecule has 0 fully saturated rings. The molecule has 0 radical (unpaired) electrons. The van der Waals surface area contributed by atoms with Crippen LogP contribution in [0.4, 0.5) is 5.69 Å². The summed E-state index contributed by atoms with van der Waals surface area (Å²) in [6.45, 7) is 0. The van der Waals surface area contributed by atoms with E-state index in [-0.39, 0.29) is 15.6 Å². The first-order valence-corrected chi connectivity index (χ1v) is 3.61. The molecule has 0 unspecified atom stereocenters. The molecule has 0 aromatic carbocycles. The Kier molecular flexibility index (Phi) is 3.07. The van der Waals surface area contributed by atoms with E-state index in [0.717, 1.165) is 0 Å². The zero-order valence-electron chi connectivity index (χ0n) is 5.70. The number of hydrogen-bond acceptors (Lipinski definition) is 5. The number of aromatic nitrogens is 1. The van der Waals surface area contributed by atoms with Crippen molar-refractivity contribution in [1.29, 1.82) is 0 Å². The summed E-state index contributed by atoms with van der Waals surface area (Å²) >= 11 is 11.0. The summed E-state index contributed by atoms with van der Waals surface area (Å²) in [6.07, 6.45) is 0. The van der Waals surface area contributed by atoms with Crippen molar-refractivity contribution >= 4 is 28.9 Å². The molecule has 1 aromatic rings. The molecule has 0 aliphatic carbocycles. The predicted octanol–water partition coefficient (Wildman–Crippen LogP) is 1.80. The molecule has 0 aliphatic heterocycles. The largest absolute Gasteiger partial charge is 0.272 e. The molecule has 0 saturated carbocycles. The Labute approximate surface area is 78.0 Å². The average Bonchev–Trinajstić information content (AvgIpc) is 1.81. The minimum absolute atomic E-state index is 0.159. The molecule has 12 heavy (non-hydrogen) atoms. The van der Waals surface area contributed by atoms with Crippen LogP contribution in [0.1, 0.15) is 0 Å². The molecule has 1 aromatic heterocycles. The minimum atomic E-state index is -0.206. The van der Waals surface area contributed by atoms with Gasteiger partial charge in [-0.25, -0.2) is 4.98 Å². The third-order valence-electron chi connectivity index (χ3n) is 0.992. The summed E-state index contributed by atoms with van der Waals surface area (Å²) in [4.78, 5) is 3.65. The summed E-state index contributed by atoms with van der Waals surface area (Å²) in [5, 5.41) is 16.8. The van der Waals surface area contributed by atoms with Crippen LogP contribution >= 0.6 is 23.2 Å². The standard InChI is InChI=1S/C5H5Cl2N3O2/c6-4-1-3(9-10(11)12)2-5(7)8-4/h1-2,11-12H,(H,8,9). The van der Waals surface area contributed by atoms with Gasteiger partial charge in [0.15, 0.2) is 0 Å². The van der Waals surface area contributed by atoms with Crippen molar-refractivity contribution in [2.45, 2.75) is 0 Å². The molecule has 0 spiro atoms. The fraction of sp³-hybridized carbons (Fsp3) is 0. The van der Waals surface area contributed by atoms with Crippen LogP contribution in [0.5, 0.6) is 0 Å². The van der Waals surface area contributed by atoms with Crippen LogP contribution in [0.25, 0.3) is 0 Å². The SMILES string of the molecule is ON(O)Nc1cc(Cl)nc(Cl)c1. The second kappa shape index (κ2) is 3.88. The lowest BCUT2D eigenvalue weighted by molar-refractivity contribution is -0.287. The molecule has 1 heterocycles. The third-order valence-corrected chi connectivity index (χ3v) is 1.38. The predicted molar refractivity (Wildman–Crippen MR) is 43.3 cm³/mol. The molecule has 5 nitrogen and oxygen atoms in total. The topological polar surface area (TPSA) is 68.6 Å². The van der Waals surface area contributed by atoms with Crippen LogP contribution < -0.4 is 5.43 Å². The first-order chi connectivity index (χ1) is 5.58. The van der Waals surface area contributed by atoms with Crippen molar-refractivity contribution in [3.05, 3.63) is 22.4 Å². The van der Waals surface area contributed by atoms with Gasteiger partial charge in [0, 0.05) is 17.5 Å².